The summed E-state index contributed by atoms with van der Waals surface area (Å²) >= 11 is 0. The van der Waals surface area contributed by atoms with Crippen molar-refractivity contribution in [3.63, 3.8) is 0 Å². The van der Waals surface area contributed by atoms with Crippen LogP contribution < -0.4 is 5.32 Å². The predicted octanol–water partition coefficient (Wildman–Crippen LogP) is 3.47. The maximum atomic E-state index is 12.5. The van der Waals surface area contributed by atoms with Crippen LogP contribution in [0.25, 0.3) is 0 Å². The minimum atomic E-state index is -0.245. The molecule has 2 heterocycles. The zero-order chi connectivity index (χ0) is 17.8. The molecule has 0 aliphatic carbocycles. The normalized spacial score (nSPS) is 16.6. The molecule has 2 aromatic rings. The van der Waals surface area contributed by atoms with E-state index in [4.69, 9.17) is 9.15 Å². The maximum Gasteiger partial charge on any atom is 0.231 e. The van der Waals surface area contributed by atoms with E-state index in [1.165, 1.54) is 5.56 Å². The third-order valence-electron chi connectivity index (χ3n) is 4.67. The first-order chi connectivity index (χ1) is 12.0. The van der Waals surface area contributed by atoms with Crippen molar-refractivity contribution in [1.82, 2.24) is 4.90 Å². The molecule has 5 heteroatoms. The van der Waals surface area contributed by atoms with Crippen molar-refractivity contribution in [2.75, 3.05) is 31.6 Å². The number of amides is 1. The van der Waals surface area contributed by atoms with Crippen molar-refractivity contribution in [3.8, 4) is 0 Å². The molecule has 0 bridgehead atoms. The molecule has 134 valence electrons. The van der Waals surface area contributed by atoms with Gasteiger partial charge >= 0.3 is 0 Å². The molecule has 1 saturated heterocycles. The van der Waals surface area contributed by atoms with Crippen molar-refractivity contribution >= 4 is 11.6 Å². The minimum Gasteiger partial charge on any atom is -0.466 e. The van der Waals surface area contributed by atoms with E-state index in [1.54, 1.807) is 0 Å². The van der Waals surface area contributed by atoms with Gasteiger partial charge in [-0.25, -0.2) is 0 Å². The molecule has 1 aliphatic rings. The lowest BCUT2D eigenvalue weighted by molar-refractivity contribution is -0.117. The number of ether oxygens (including phenoxy) is 1. The second-order valence-electron chi connectivity index (χ2n) is 6.66. The Morgan fingerprint density at radius 2 is 1.88 bits per heavy atom. The van der Waals surface area contributed by atoms with E-state index in [0.717, 1.165) is 55.6 Å². The first-order valence-corrected chi connectivity index (χ1v) is 8.80. The molecule has 0 saturated carbocycles. The molecule has 3 rings (SSSR count). The summed E-state index contributed by atoms with van der Waals surface area (Å²) in [6, 6.07) is 10.0. The van der Waals surface area contributed by atoms with Crippen LogP contribution in [0.4, 0.5) is 5.69 Å². The second-order valence-corrected chi connectivity index (χ2v) is 6.66. The van der Waals surface area contributed by atoms with Gasteiger partial charge in [0.1, 0.15) is 11.5 Å². The van der Waals surface area contributed by atoms with Gasteiger partial charge in [0.2, 0.25) is 5.91 Å². The van der Waals surface area contributed by atoms with Gasteiger partial charge in [0, 0.05) is 30.9 Å². The summed E-state index contributed by atoms with van der Waals surface area (Å²) in [5, 5.41) is 2.99. The van der Waals surface area contributed by atoms with Crippen LogP contribution in [-0.2, 0) is 16.1 Å². The van der Waals surface area contributed by atoms with Crippen molar-refractivity contribution in [2.45, 2.75) is 33.2 Å². The van der Waals surface area contributed by atoms with Crippen LogP contribution in [-0.4, -0.2) is 37.1 Å². The standard InChI is InChI=1S/C20H26N2O3/c1-14-12-19(16(3)25-14)15(2)20(23)21-18-6-4-17(5-7-18)13-22-8-10-24-11-9-22/h4-7,12,15H,8-11,13H2,1-3H3,(H,21,23). The average Bonchev–Trinajstić information content (AvgIpc) is 2.95. The summed E-state index contributed by atoms with van der Waals surface area (Å²) in [6.45, 7) is 10.2. The lowest BCUT2D eigenvalue weighted by atomic mass is 10.0. The SMILES string of the molecule is Cc1cc(C(C)C(=O)Nc2ccc(CN3CCOCC3)cc2)c(C)o1. The molecule has 0 spiro atoms. The monoisotopic (exact) mass is 342 g/mol. The predicted molar refractivity (Wildman–Crippen MR) is 97.8 cm³/mol. The van der Waals surface area contributed by atoms with Gasteiger partial charge in [-0.15, -0.1) is 0 Å². The Bertz CT molecular complexity index is 715. The Balaban J connectivity index is 1.58. The quantitative estimate of drug-likeness (QED) is 0.904. The second kappa shape index (κ2) is 7.85. The fraction of sp³-hybridized carbons (Fsp3) is 0.450. The fourth-order valence-corrected chi connectivity index (χ4v) is 3.18. The molecule has 0 radical (unpaired) electrons. The Hall–Kier alpha value is -2.11. The number of benzene rings is 1. The van der Waals surface area contributed by atoms with Gasteiger partial charge in [-0.2, -0.15) is 0 Å². The summed E-state index contributed by atoms with van der Waals surface area (Å²) in [5.41, 5.74) is 3.01. The molecule has 1 aromatic heterocycles. The highest BCUT2D eigenvalue weighted by molar-refractivity contribution is 5.95. The number of rotatable bonds is 5. The number of morpholine rings is 1. The van der Waals surface area contributed by atoms with E-state index < -0.39 is 0 Å². The Labute approximate surface area is 149 Å². The molecule has 1 amide bonds. The summed E-state index contributed by atoms with van der Waals surface area (Å²) in [4.78, 5) is 14.9. The highest BCUT2D eigenvalue weighted by Crippen LogP contribution is 2.24. The lowest BCUT2D eigenvalue weighted by Crippen LogP contribution is -2.35. The van der Waals surface area contributed by atoms with Crippen LogP contribution in [0.5, 0.6) is 0 Å². The molecular weight excluding hydrogens is 316 g/mol. The van der Waals surface area contributed by atoms with Gasteiger partial charge in [0.15, 0.2) is 0 Å². The van der Waals surface area contributed by atoms with Crippen LogP contribution in [0.3, 0.4) is 0 Å². The van der Waals surface area contributed by atoms with Crippen LogP contribution in [0.15, 0.2) is 34.7 Å². The highest BCUT2D eigenvalue weighted by Gasteiger charge is 2.20. The number of aryl methyl sites for hydroxylation is 2. The van der Waals surface area contributed by atoms with E-state index in [1.807, 2.05) is 39.0 Å². The van der Waals surface area contributed by atoms with Crippen LogP contribution in [0.2, 0.25) is 0 Å². The largest absolute Gasteiger partial charge is 0.466 e. The van der Waals surface area contributed by atoms with Crippen molar-refractivity contribution in [2.24, 2.45) is 0 Å². The van der Waals surface area contributed by atoms with Gasteiger partial charge in [-0.05, 0) is 44.5 Å². The van der Waals surface area contributed by atoms with Gasteiger partial charge in [-0.1, -0.05) is 12.1 Å². The number of anilines is 1. The number of hydrogen-bond acceptors (Lipinski definition) is 4. The van der Waals surface area contributed by atoms with Crippen LogP contribution >= 0.6 is 0 Å². The van der Waals surface area contributed by atoms with E-state index >= 15 is 0 Å². The molecule has 25 heavy (non-hydrogen) atoms. The smallest absolute Gasteiger partial charge is 0.231 e. The highest BCUT2D eigenvalue weighted by atomic mass is 16.5. The molecule has 1 unspecified atom stereocenters. The number of furan rings is 1. The van der Waals surface area contributed by atoms with Gasteiger partial charge in [0.25, 0.3) is 0 Å². The first-order valence-electron chi connectivity index (χ1n) is 8.80. The summed E-state index contributed by atoms with van der Waals surface area (Å²) < 4.78 is 10.9. The van der Waals surface area contributed by atoms with Crippen LogP contribution in [0, 0.1) is 13.8 Å². The molecule has 1 aliphatic heterocycles. The zero-order valence-corrected chi connectivity index (χ0v) is 15.2. The summed E-state index contributed by atoms with van der Waals surface area (Å²) in [5.74, 6) is 1.37. The van der Waals surface area contributed by atoms with Gasteiger partial charge in [0.05, 0.1) is 19.1 Å². The van der Waals surface area contributed by atoms with Crippen LogP contribution in [0.1, 0.15) is 35.5 Å². The number of hydrogen-bond donors (Lipinski definition) is 1. The van der Waals surface area contributed by atoms with Crippen molar-refractivity contribution in [1.29, 1.82) is 0 Å². The Morgan fingerprint density at radius 3 is 2.48 bits per heavy atom. The number of carbonyl (C=O) groups excluding carboxylic acids is 1. The topological polar surface area (TPSA) is 54.7 Å². The van der Waals surface area contributed by atoms with Crippen molar-refractivity contribution < 1.29 is 13.9 Å². The average molecular weight is 342 g/mol. The third kappa shape index (κ3) is 4.50. The Morgan fingerprint density at radius 1 is 1.20 bits per heavy atom. The Kier molecular flexibility index (Phi) is 5.56. The minimum absolute atomic E-state index is 0.0233. The summed E-state index contributed by atoms with van der Waals surface area (Å²) in [6.07, 6.45) is 0. The van der Waals surface area contributed by atoms with E-state index in [9.17, 15) is 4.79 Å². The fourth-order valence-electron chi connectivity index (χ4n) is 3.18. The molecule has 5 nitrogen and oxygen atoms in total. The third-order valence-corrected chi connectivity index (χ3v) is 4.67. The van der Waals surface area contributed by atoms with Gasteiger partial charge in [-0.3, -0.25) is 9.69 Å². The number of nitrogens with one attached hydrogen (secondary N) is 1. The molecule has 1 atom stereocenters. The zero-order valence-electron chi connectivity index (χ0n) is 15.2. The van der Waals surface area contributed by atoms with E-state index in [-0.39, 0.29) is 11.8 Å². The molecule has 1 aromatic carbocycles. The van der Waals surface area contributed by atoms with Gasteiger partial charge < -0.3 is 14.5 Å². The molecule has 1 fully saturated rings. The van der Waals surface area contributed by atoms with E-state index in [0.29, 0.717) is 0 Å². The van der Waals surface area contributed by atoms with E-state index in [2.05, 4.69) is 22.3 Å². The number of carbonyl (C=O) groups is 1. The van der Waals surface area contributed by atoms with Crippen molar-refractivity contribution in [3.05, 3.63) is 53.0 Å². The summed E-state index contributed by atoms with van der Waals surface area (Å²) in [7, 11) is 0. The lowest BCUT2D eigenvalue weighted by Gasteiger charge is -2.26. The molecule has 1 N–H and O–H groups in total. The molecular formula is C20H26N2O3. The number of nitrogens with zero attached hydrogens (tertiary/aromatic N) is 1. The first kappa shape index (κ1) is 17.7. The maximum absolute atomic E-state index is 12.5.